The Morgan fingerprint density at radius 3 is 2.48 bits per heavy atom. The number of carbonyl (C=O) groups excluding carboxylic acids is 1. The van der Waals surface area contributed by atoms with E-state index in [1.165, 1.54) is 7.11 Å². The molecule has 0 bridgehead atoms. The van der Waals surface area contributed by atoms with Crippen LogP contribution in [0, 0.1) is 6.92 Å². The number of nitrogen functional groups attached to an aromatic ring is 1. The van der Waals surface area contributed by atoms with Gasteiger partial charge in [0, 0.05) is 6.07 Å². The van der Waals surface area contributed by atoms with Crippen LogP contribution in [-0.2, 0) is 0 Å². The topological polar surface area (TPSA) is 73.6 Å². The molecule has 2 aromatic carbocycles. The maximum Gasteiger partial charge on any atom is 0.259 e. The van der Waals surface area contributed by atoms with Crippen LogP contribution in [0.4, 0.5) is 11.4 Å². The van der Waals surface area contributed by atoms with Gasteiger partial charge < -0.3 is 20.5 Å². The zero-order valence-electron chi connectivity index (χ0n) is 12.3. The highest BCUT2D eigenvalue weighted by atomic mass is 16.5. The molecule has 0 unspecified atom stereocenters. The summed E-state index contributed by atoms with van der Waals surface area (Å²) in [6, 6.07) is 10.5. The van der Waals surface area contributed by atoms with Crippen LogP contribution in [0.15, 0.2) is 36.4 Å². The summed E-state index contributed by atoms with van der Waals surface area (Å²) in [5, 5.41) is 2.78. The molecule has 2 rings (SSSR count). The van der Waals surface area contributed by atoms with Crippen molar-refractivity contribution in [3.05, 3.63) is 47.5 Å². The van der Waals surface area contributed by atoms with Gasteiger partial charge in [0.2, 0.25) is 0 Å². The maximum atomic E-state index is 12.3. The predicted molar refractivity (Wildman–Crippen MR) is 83.1 cm³/mol. The van der Waals surface area contributed by atoms with Crippen LogP contribution in [0.3, 0.4) is 0 Å². The van der Waals surface area contributed by atoms with Crippen LogP contribution in [-0.4, -0.2) is 20.1 Å². The molecule has 0 spiro atoms. The van der Waals surface area contributed by atoms with E-state index in [0.29, 0.717) is 28.4 Å². The third-order valence-corrected chi connectivity index (χ3v) is 3.11. The Hall–Kier alpha value is -2.69. The van der Waals surface area contributed by atoms with Gasteiger partial charge in [0.1, 0.15) is 11.5 Å². The molecule has 1 amide bonds. The maximum absolute atomic E-state index is 12.3. The average molecular weight is 286 g/mol. The smallest absolute Gasteiger partial charge is 0.259 e. The summed E-state index contributed by atoms with van der Waals surface area (Å²) in [7, 11) is 3.06. The number of nitrogens with two attached hydrogens (primary N) is 1. The number of rotatable bonds is 4. The molecule has 110 valence electrons. The molecule has 0 fully saturated rings. The summed E-state index contributed by atoms with van der Waals surface area (Å²) in [6.07, 6.45) is 0. The van der Waals surface area contributed by atoms with Crippen LogP contribution in [0.1, 0.15) is 15.9 Å². The Balaban J connectivity index is 2.28. The first-order chi connectivity index (χ1) is 10.0. The Labute approximate surface area is 123 Å². The van der Waals surface area contributed by atoms with Crippen molar-refractivity contribution in [3.8, 4) is 11.5 Å². The van der Waals surface area contributed by atoms with E-state index in [0.717, 1.165) is 5.56 Å². The standard InChI is InChI=1S/C16H18N2O3/c1-10-4-7-14(13(17)8-10)18-16(19)12-6-5-11(20-2)9-15(12)21-3/h4-9H,17H2,1-3H3,(H,18,19). The van der Waals surface area contributed by atoms with Crippen LogP contribution < -0.4 is 20.5 Å². The first kappa shape index (κ1) is 14.7. The lowest BCUT2D eigenvalue weighted by Crippen LogP contribution is -2.14. The lowest BCUT2D eigenvalue weighted by Gasteiger charge is -2.12. The number of amides is 1. The van der Waals surface area contributed by atoms with Gasteiger partial charge in [-0.05, 0) is 36.8 Å². The van der Waals surface area contributed by atoms with Crippen molar-refractivity contribution >= 4 is 17.3 Å². The lowest BCUT2D eigenvalue weighted by molar-refractivity contribution is 0.102. The van der Waals surface area contributed by atoms with Gasteiger partial charge in [-0.15, -0.1) is 0 Å². The van der Waals surface area contributed by atoms with Crippen molar-refractivity contribution in [1.82, 2.24) is 0 Å². The summed E-state index contributed by atoms with van der Waals surface area (Å²) in [6.45, 7) is 1.94. The van der Waals surface area contributed by atoms with Crippen LogP contribution in [0.25, 0.3) is 0 Å². The molecule has 5 nitrogen and oxygen atoms in total. The van der Waals surface area contributed by atoms with E-state index in [4.69, 9.17) is 15.2 Å². The SMILES string of the molecule is COc1ccc(C(=O)Nc2ccc(C)cc2N)c(OC)c1. The molecule has 5 heteroatoms. The molecular weight excluding hydrogens is 268 g/mol. The van der Waals surface area contributed by atoms with Crippen molar-refractivity contribution in [1.29, 1.82) is 0 Å². The van der Waals surface area contributed by atoms with E-state index in [9.17, 15) is 4.79 Å². The van der Waals surface area contributed by atoms with Crippen LogP contribution >= 0.6 is 0 Å². The van der Waals surface area contributed by atoms with Gasteiger partial charge in [-0.2, -0.15) is 0 Å². The molecule has 3 N–H and O–H groups in total. The number of hydrogen-bond acceptors (Lipinski definition) is 4. The summed E-state index contributed by atoms with van der Waals surface area (Å²) in [5.41, 5.74) is 8.44. The van der Waals surface area contributed by atoms with E-state index in [-0.39, 0.29) is 5.91 Å². The first-order valence-corrected chi connectivity index (χ1v) is 6.44. The normalized spacial score (nSPS) is 10.0. The number of ether oxygens (including phenoxy) is 2. The monoisotopic (exact) mass is 286 g/mol. The third kappa shape index (κ3) is 3.25. The minimum atomic E-state index is -0.287. The third-order valence-electron chi connectivity index (χ3n) is 3.11. The highest BCUT2D eigenvalue weighted by Crippen LogP contribution is 2.26. The Morgan fingerprint density at radius 1 is 1.10 bits per heavy atom. The average Bonchev–Trinajstić information content (AvgIpc) is 2.49. The minimum absolute atomic E-state index is 0.287. The molecule has 0 aliphatic heterocycles. The molecule has 21 heavy (non-hydrogen) atoms. The number of benzene rings is 2. The number of methoxy groups -OCH3 is 2. The van der Waals surface area contributed by atoms with Gasteiger partial charge in [0.25, 0.3) is 5.91 Å². The first-order valence-electron chi connectivity index (χ1n) is 6.44. The molecule has 0 aliphatic rings. The molecule has 0 saturated heterocycles. The minimum Gasteiger partial charge on any atom is -0.497 e. The van der Waals surface area contributed by atoms with Gasteiger partial charge in [-0.3, -0.25) is 4.79 Å². The zero-order chi connectivity index (χ0) is 15.4. The van der Waals surface area contributed by atoms with Crippen LogP contribution in [0.5, 0.6) is 11.5 Å². The van der Waals surface area contributed by atoms with Crippen molar-refractivity contribution < 1.29 is 14.3 Å². The fourth-order valence-electron chi connectivity index (χ4n) is 1.97. The number of hydrogen-bond donors (Lipinski definition) is 2. The zero-order valence-corrected chi connectivity index (χ0v) is 12.3. The lowest BCUT2D eigenvalue weighted by atomic mass is 10.1. The highest BCUT2D eigenvalue weighted by molar-refractivity contribution is 6.07. The van der Waals surface area contributed by atoms with E-state index in [1.54, 1.807) is 37.4 Å². The van der Waals surface area contributed by atoms with Crippen LogP contribution in [0.2, 0.25) is 0 Å². The molecule has 2 aromatic rings. The van der Waals surface area contributed by atoms with E-state index in [1.807, 2.05) is 13.0 Å². The van der Waals surface area contributed by atoms with E-state index < -0.39 is 0 Å². The number of carbonyl (C=O) groups is 1. The number of aryl methyl sites for hydroxylation is 1. The van der Waals surface area contributed by atoms with Gasteiger partial charge in [-0.1, -0.05) is 6.07 Å². The van der Waals surface area contributed by atoms with Gasteiger partial charge >= 0.3 is 0 Å². The predicted octanol–water partition coefficient (Wildman–Crippen LogP) is 2.85. The van der Waals surface area contributed by atoms with Crippen molar-refractivity contribution in [2.45, 2.75) is 6.92 Å². The largest absolute Gasteiger partial charge is 0.497 e. The molecule has 0 aliphatic carbocycles. The van der Waals surface area contributed by atoms with Crippen molar-refractivity contribution in [2.24, 2.45) is 0 Å². The molecule has 0 radical (unpaired) electrons. The van der Waals surface area contributed by atoms with Crippen molar-refractivity contribution in [3.63, 3.8) is 0 Å². The fraction of sp³-hybridized carbons (Fsp3) is 0.188. The second kappa shape index (κ2) is 6.17. The second-order valence-electron chi connectivity index (χ2n) is 4.61. The molecule has 0 aromatic heterocycles. The Bertz CT molecular complexity index is 669. The number of anilines is 2. The van der Waals surface area contributed by atoms with E-state index in [2.05, 4.69) is 5.32 Å². The van der Waals surface area contributed by atoms with E-state index >= 15 is 0 Å². The Kier molecular flexibility index (Phi) is 4.33. The fourth-order valence-corrected chi connectivity index (χ4v) is 1.97. The van der Waals surface area contributed by atoms with Crippen molar-refractivity contribution in [2.75, 3.05) is 25.3 Å². The Morgan fingerprint density at radius 2 is 1.86 bits per heavy atom. The quantitative estimate of drug-likeness (QED) is 0.848. The molecular formula is C16H18N2O3. The summed E-state index contributed by atoms with van der Waals surface area (Å²) < 4.78 is 10.3. The molecule has 0 atom stereocenters. The number of nitrogens with one attached hydrogen (secondary N) is 1. The summed E-state index contributed by atoms with van der Waals surface area (Å²) in [5.74, 6) is 0.779. The van der Waals surface area contributed by atoms with Gasteiger partial charge in [0.15, 0.2) is 0 Å². The molecule has 0 heterocycles. The van der Waals surface area contributed by atoms with Gasteiger partial charge in [0.05, 0.1) is 31.2 Å². The molecule has 0 saturated carbocycles. The summed E-state index contributed by atoms with van der Waals surface area (Å²) >= 11 is 0. The van der Waals surface area contributed by atoms with Gasteiger partial charge in [-0.25, -0.2) is 0 Å². The highest BCUT2D eigenvalue weighted by Gasteiger charge is 2.14. The summed E-state index contributed by atoms with van der Waals surface area (Å²) in [4.78, 5) is 12.3. The second-order valence-corrected chi connectivity index (χ2v) is 4.61.